The maximum atomic E-state index is 12.8. The smallest absolute Gasteiger partial charge is 0.274 e. The van der Waals surface area contributed by atoms with Crippen molar-refractivity contribution in [1.82, 2.24) is 24.9 Å². The first-order chi connectivity index (χ1) is 16.5. The second-order valence-electron chi connectivity index (χ2n) is 7.09. The number of carbonyl (C=O) groups is 1. The Morgan fingerprint density at radius 1 is 1.24 bits per heavy atom. The molecular weight excluding hydrogens is 458 g/mol. The first-order valence-electron chi connectivity index (χ1n) is 10.2. The van der Waals surface area contributed by atoms with Crippen molar-refractivity contribution >= 4 is 35.3 Å². The number of nitrogens with one attached hydrogen (secondary N) is 3. The molecule has 2 aromatic carbocycles. The number of carbonyl (C=O) groups excluding carboxylic acids is 1. The molecule has 34 heavy (non-hydrogen) atoms. The zero-order chi connectivity index (χ0) is 24.1. The zero-order valence-electron chi connectivity index (χ0n) is 18.1. The molecule has 0 fully saturated rings. The van der Waals surface area contributed by atoms with E-state index in [0.29, 0.717) is 17.4 Å². The number of ether oxygens (including phenoxy) is 1. The number of aromatic nitrogens is 4. The lowest BCUT2D eigenvalue weighted by Gasteiger charge is -2.13. The molecule has 0 aliphatic rings. The Morgan fingerprint density at radius 3 is 2.76 bits per heavy atom. The maximum absolute atomic E-state index is 12.8. The number of amidine groups is 1. The highest BCUT2D eigenvalue weighted by Gasteiger charge is 2.19. The maximum Gasteiger partial charge on any atom is 0.274 e. The molecule has 2 heterocycles. The van der Waals surface area contributed by atoms with Gasteiger partial charge in [0.1, 0.15) is 23.8 Å². The minimum absolute atomic E-state index is 0.0882. The van der Waals surface area contributed by atoms with Gasteiger partial charge in [0.05, 0.1) is 10.7 Å². The summed E-state index contributed by atoms with van der Waals surface area (Å²) in [5.74, 6) is 0.717. The zero-order valence-corrected chi connectivity index (χ0v) is 18.8. The Labute approximate surface area is 198 Å². The van der Waals surface area contributed by atoms with Gasteiger partial charge in [-0.3, -0.25) is 19.7 Å². The van der Waals surface area contributed by atoms with Crippen molar-refractivity contribution in [1.29, 1.82) is 5.41 Å². The summed E-state index contributed by atoms with van der Waals surface area (Å²) >= 11 is 6.27. The number of benzene rings is 2. The fourth-order valence-electron chi connectivity index (χ4n) is 3.21. The van der Waals surface area contributed by atoms with Crippen LogP contribution in [0.4, 0.5) is 0 Å². The molecule has 0 radical (unpaired) electrons. The number of rotatable bonds is 7. The molecule has 0 aliphatic carbocycles. The Hall–Kier alpha value is -4.31. The second-order valence-corrected chi connectivity index (χ2v) is 7.50. The van der Waals surface area contributed by atoms with Gasteiger partial charge in [-0.15, -0.1) is 0 Å². The fourth-order valence-corrected chi connectivity index (χ4v) is 3.46. The molecule has 0 unspecified atom stereocenters. The number of amides is 1. The van der Waals surface area contributed by atoms with Crippen molar-refractivity contribution in [2.24, 2.45) is 4.99 Å². The predicted molar refractivity (Wildman–Crippen MR) is 129 cm³/mol. The van der Waals surface area contributed by atoms with E-state index in [1.807, 2.05) is 30.3 Å². The van der Waals surface area contributed by atoms with Crippen LogP contribution in [0, 0.1) is 5.41 Å². The Bertz CT molecular complexity index is 1440. The normalized spacial score (nSPS) is 11.4. The summed E-state index contributed by atoms with van der Waals surface area (Å²) in [6.07, 6.45) is 1.30. The van der Waals surface area contributed by atoms with Crippen LogP contribution >= 0.6 is 11.6 Å². The number of halogens is 1. The predicted octanol–water partition coefficient (Wildman–Crippen LogP) is 3.11. The summed E-state index contributed by atoms with van der Waals surface area (Å²) in [5, 5.41) is 13.0. The van der Waals surface area contributed by atoms with Crippen molar-refractivity contribution in [3.05, 3.63) is 81.2 Å². The number of nitrogens with zero attached hydrogens (tertiary/aromatic N) is 4. The van der Waals surface area contributed by atoms with Crippen LogP contribution in [0.15, 0.2) is 64.4 Å². The molecule has 4 aromatic rings. The van der Waals surface area contributed by atoms with Crippen molar-refractivity contribution in [2.75, 3.05) is 7.05 Å². The average molecular weight is 478 g/mol. The molecule has 0 spiro atoms. The van der Waals surface area contributed by atoms with Gasteiger partial charge in [-0.25, -0.2) is 4.98 Å². The molecule has 10 nitrogen and oxygen atoms in total. The van der Waals surface area contributed by atoms with Crippen LogP contribution in [0.3, 0.4) is 0 Å². The molecule has 4 rings (SSSR count). The van der Waals surface area contributed by atoms with Crippen LogP contribution < -0.4 is 15.6 Å². The lowest BCUT2D eigenvalue weighted by atomic mass is 10.2. The van der Waals surface area contributed by atoms with Gasteiger partial charge in [-0.2, -0.15) is 9.50 Å². The molecule has 11 heteroatoms. The molecular formula is C23H20ClN7O3. The van der Waals surface area contributed by atoms with Crippen molar-refractivity contribution < 1.29 is 9.53 Å². The second kappa shape index (κ2) is 10.1. The lowest BCUT2D eigenvalue weighted by molar-refractivity contribution is 0.0972. The minimum atomic E-state index is -0.522. The van der Waals surface area contributed by atoms with Crippen LogP contribution in [0.5, 0.6) is 5.75 Å². The SMILES string of the molecule is CN=C(CC=N)NC(=O)c1c(Cl)cccc1OCc1cc(=O)n2[nH]c(-c3ccccc3)nc2n1. The van der Waals surface area contributed by atoms with Gasteiger partial charge in [-0.1, -0.05) is 48.0 Å². The topological polar surface area (TPSA) is 138 Å². The number of aromatic amines is 1. The van der Waals surface area contributed by atoms with Crippen LogP contribution in [0.25, 0.3) is 17.2 Å². The van der Waals surface area contributed by atoms with Crippen LogP contribution in [-0.2, 0) is 6.61 Å². The van der Waals surface area contributed by atoms with E-state index in [2.05, 4.69) is 25.4 Å². The highest BCUT2D eigenvalue weighted by molar-refractivity contribution is 6.34. The molecule has 0 bridgehead atoms. The summed E-state index contributed by atoms with van der Waals surface area (Å²) in [6, 6.07) is 15.5. The Balaban J connectivity index is 1.58. The van der Waals surface area contributed by atoms with Crippen LogP contribution in [0.2, 0.25) is 5.02 Å². The molecule has 0 aliphatic heterocycles. The van der Waals surface area contributed by atoms with E-state index in [-0.39, 0.29) is 40.7 Å². The van der Waals surface area contributed by atoms with E-state index in [4.69, 9.17) is 21.7 Å². The summed E-state index contributed by atoms with van der Waals surface area (Å²) in [5.41, 5.74) is 0.914. The number of hydrogen-bond acceptors (Lipinski definition) is 7. The number of H-pyrrole nitrogens is 1. The van der Waals surface area contributed by atoms with E-state index in [9.17, 15) is 9.59 Å². The highest BCUT2D eigenvalue weighted by Crippen LogP contribution is 2.27. The van der Waals surface area contributed by atoms with Gasteiger partial charge in [0, 0.05) is 31.3 Å². The molecule has 3 N–H and O–H groups in total. The summed E-state index contributed by atoms with van der Waals surface area (Å²) in [6.45, 7) is -0.0882. The first kappa shape index (κ1) is 22.9. The first-order valence-corrected chi connectivity index (χ1v) is 10.6. The summed E-state index contributed by atoms with van der Waals surface area (Å²) in [7, 11) is 1.52. The van der Waals surface area contributed by atoms with E-state index in [0.717, 1.165) is 11.8 Å². The fraction of sp³-hybridized carbons (Fsp3) is 0.130. The third kappa shape index (κ3) is 4.86. The quantitative estimate of drug-likeness (QED) is 0.277. The van der Waals surface area contributed by atoms with Crippen LogP contribution in [0.1, 0.15) is 22.5 Å². The van der Waals surface area contributed by atoms with Gasteiger partial charge in [-0.05, 0) is 12.1 Å². The Kier molecular flexibility index (Phi) is 6.79. The number of fused-ring (bicyclic) bond motifs is 1. The number of aliphatic imine (C=N–C) groups is 1. The van der Waals surface area contributed by atoms with Gasteiger partial charge >= 0.3 is 0 Å². The molecule has 0 atom stereocenters. The molecule has 1 amide bonds. The van der Waals surface area contributed by atoms with Gasteiger partial charge in [0.15, 0.2) is 5.82 Å². The van der Waals surface area contributed by atoms with Crippen LogP contribution in [-0.4, -0.2) is 44.6 Å². The van der Waals surface area contributed by atoms with E-state index in [1.165, 1.54) is 17.6 Å². The monoisotopic (exact) mass is 477 g/mol. The summed E-state index contributed by atoms with van der Waals surface area (Å²) < 4.78 is 7.07. The minimum Gasteiger partial charge on any atom is -0.486 e. The van der Waals surface area contributed by atoms with E-state index >= 15 is 0 Å². The van der Waals surface area contributed by atoms with Gasteiger partial charge in [0.2, 0.25) is 0 Å². The highest BCUT2D eigenvalue weighted by atomic mass is 35.5. The summed E-state index contributed by atoms with van der Waals surface area (Å²) in [4.78, 5) is 38.1. The standard InChI is InChI=1S/C23H20ClN7O3/c1-26-18(10-11-25)28-22(33)20-16(24)8-5-9-17(20)34-13-15-12-19(32)31-23(27-15)29-21(30-31)14-6-3-2-4-7-14/h2-9,11-12,25H,10,13H2,1H3,(H,26,28,33)(H,27,29,30). The van der Waals surface area contributed by atoms with Crippen molar-refractivity contribution in [2.45, 2.75) is 13.0 Å². The third-order valence-electron chi connectivity index (χ3n) is 4.83. The van der Waals surface area contributed by atoms with Crippen molar-refractivity contribution in [3.8, 4) is 17.1 Å². The molecule has 2 aromatic heterocycles. The lowest BCUT2D eigenvalue weighted by Crippen LogP contribution is -2.31. The van der Waals surface area contributed by atoms with E-state index in [1.54, 1.807) is 18.2 Å². The average Bonchev–Trinajstić information content (AvgIpc) is 3.28. The van der Waals surface area contributed by atoms with Crippen molar-refractivity contribution in [3.63, 3.8) is 0 Å². The molecule has 0 saturated heterocycles. The van der Waals surface area contributed by atoms with Gasteiger partial charge in [0.25, 0.3) is 17.2 Å². The van der Waals surface area contributed by atoms with Gasteiger partial charge < -0.3 is 15.5 Å². The largest absolute Gasteiger partial charge is 0.486 e. The van der Waals surface area contributed by atoms with E-state index < -0.39 is 5.91 Å². The molecule has 172 valence electrons. The Morgan fingerprint density at radius 2 is 2.03 bits per heavy atom. The molecule has 0 saturated carbocycles. The third-order valence-corrected chi connectivity index (χ3v) is 5.15. The number of hydrogen-bond donors (Lipinski definition) is 3.